The average molecular weight is 447 g/mol. The summed E-state index contributed by atoms with van der Waals surface area (Å²) >= 11 is 4.61. The van der Waals surface area contributed by atoms with Gasteiger partial charge >= 0.3 is 0 Å². The van der Waals surface area contributed by atoms with Crippen LogP contribution in [0.5, 0.6) is 0 Å². The largest absolute Gasteiger partial charge is 0.328 e. The maximum absolute atomic E-state index is 12.2. The van der Waals surface area contributed by atoms with Crippen molar-refractivity contribution in [2.75, 3.05) is 10.6 Å². The molecular weight excluding hydrogens is 432 g/mol. The fraction of sp³-hybridized carbons (Fsp3) is 0.111. The van der Waals surface area contributed by atoms with Gasteiger partial charge in [0.1, 0.15) is 0 Å². The number of benzene rings is 1. The zero-order valence-corrected chi connectivity index (χ0v) is 16.6. The number of hydrogen-bond acceptors (Lipinski definition) is 5. The maximum atomic E-state index is 12.2. The molecule has 0 unspecified atom stereocenters. The molecule has 1 aromatic carbocycles. The Morgan fingerprint density at radius 1 is 1.22 bits per heavy atom. The molecule has 138 valence electrons. The van der Waals surface area contributed by atoms with E-state index in [9.17, 15) is 14.4 Å². The molecule has 0 aliphatic carbocycles. The molecule has 3 aromatic rings. The van der Waals surface area contributed by atoms with Gasteiger partial charge in [-0.05, 0) is 36.8 Å². The van der Waals surface area contributed by atoms with Crippen LogP contribution in [0.4, 0.5) is 10.8 Å². The number of H-pyrrole nitrogens is 1. The van der Waals surface area contributed by atoms with E-state index >= 15 is 0 Å². The Labute approximate surface area is 167 Å². The number of aromatic nitrogens is 2. The van der Waals surface area contributed by atoms with Crippen LogP contribution in [0.15, 0.2) is 51.2 Å². The van der Waals surface area contributed by atoms with Gasteiger partial charge in [0.05, 0.1) is 17.7 Å². The van der Waals surface area contributed by atoms with E-state index in [4.69, 9.17) is 0 Å². The highest BCUT2D eigenvalue weighted by atomic mass is 79.9. The van der Waals surface area contributed by atoms with Crippen molar-refractivity contribution in [3.8, 4) is 0 Å². The monoisotopic (exact) mass is 446 g/mol. The van der Waals surface area contributed by atoms with E-state index in [-0.39, 0.29) is 23.8 Å². The van der Waals surface area contributed by atoms with Gasteiger partial charge in [-0.1, -0.05) is 15.9 Å². The quantitative estimate of drug-likeness (QED) is 0.558. The minimum absolute atomic E-state index is 0.0977. The molecular formula is C18H15BrN4O3S. The number of aryl methyl sites for hydroxylation is 1. The molecule has 0 atom stereocenters. The van der Waals surface area contributed by atoms with Crippen molar-refractivity contribution < 1.29 is 9.59 Å². The Morgan fingerprint density at radius 2 is 2.04 bits per heavy atom. The number of rotatable bonds is 5. The van der Waals surface area contributed by atoms with Crippen molar-refractivity contribution >= 4 is 49.9 Å². The van der Waals surface area contributed by atoms with Crippen molar-refractivity contribution in [3.05, 3.63) is 73.6 Å². The maximum Gasteiger partial charge on any atom is 0.258 e. The Bertz CT molecular complexity index is 1040. The summed E-state index contributed by atoms with van der Waals surface area (Å²) in [5.74, 6) is -0.577. The van der Waals surface area contributed by atoms with Crippen molar-refractivity contribution in [1.82, 2.24) is 9.97 Å². The van der Waals surface area contributed by atoms with Crippen molar-refractivity contribution in [3.63, 3.8) is 0 Å². The lowest BCUT2D eigenvalue weighted by molar-refractivity contribution is -0.115. The lowest BCUT2D eigenvalue weighted by atomic mass is 10.2. The molecule has 0 aliphatic rings. The smallest absolute Gasteiger partial charge is 0.258 e. The number of halogens is 1. The SMILES string of the molecule is Cc1cc(Br)ccc1NC(=O)Cc1csc(NC(=O)c2ccc(=O)[nH]c2)n1. The van der Waals surface area contributed by atoms with E-state index in [0.29, 0.717) is 16.4 Å². The second-order valence-electron chi connectivity index (χ2n) is 5.72. The van der Waals surface area contributed by atoms with Crippen molar-refractivity contribution in [2.45, 2.75) is 13.3 Å². The van der Waals surface area contributed by atoms with Crippen LogP contribution >= 0.6 is 27.3 Å². The minimum atomic E-state index is -0.387. The molecule has 2 amide bonds. The molecule has 3 N–H and O–H groups in total. The van der Waals surface area contributed by atoms with Crippen LogP contribution in [-0.2, 0) is 11.2 Å². The highest BCUT2D eigenvalue weighted by Crippen LogP contribution is 2.21. The molecule has 0 radical (unpaired) electrons. The normalized spacial score (nSPS) is 10.4. The van der Waals surface area contributed by atoms with Crippen LogP contribution in [0.2, 0.25) is 0 Å². The number of thiazole rings is 1. The lowest BCUT2D eigenvalue weighted by Gasteiger charge is -2.08. The Hall–Kier alpha value is -2.78. The van der Waals surface area contributed by atoms with Gasteiger partial charge in [0.15, 0.2) is 5.13 Å². The number of aromatic amines is 1. The third kappa shape index (κ3) is 5.11. The second-order valence-corrected chi connectivity index (χ2v) is 7.50. The Balaban J connectivity index is 1.60. The van der Waals surface area contributed by atoms with E-state index in [1.165, 1.54) is 29.7 Å². The molecule has 2 aromatic heterocycles. The zero-order valence-electron chi connectivity index (χ0n) is 14.2. The molecule has 0 spiro atoms. The molecule has 0 fully saturated rings. The molecule has 0 aliphatic heterocycles. The van der Waals surface area contributed by atoms with Crippen molar-refractivity contribution in [2.24, 2.45) is 0 Å². The van der Waals surface area contributed by atoms with Crippen LogP contribution in [-0.4, -0.2) is 21.8 Å². The predicted octanol–water partition coefficient (Wildman–Crippen LogP) is 3.34. The van der Waals surface area contributed by atoms with Crippen LogP contribution in [0.25, 0.3) is 0 Å². The summed E-state index contributed by atoms with van der Waals surface area (Å²) in [6.45, 7) is 1.91. The standard InChI is InChI=1S/C18H15BrN4O3S/c1-10-6-12(19)3-4-14(10)22-16(25)7-13-9-27-18(21-13)23-17(26)11-2-5-15(24)20-8-11/h2-6,8-9H,7H2,1H3,(H,20,24)(H,22,25)(H,21,23,26). The van der Waals surface area contributed by atoms with Crippen molar-refractivity contribution in [1.29, 1.82) is 0 Å². The summed E-state index contributed by atoms with van der Waals surface area (Å²) in [5, 5.41) is 7.60. The van der Waals surface area contributed by atoms with Gasteiger partial charge in [0.2, 0.25) is 11.5 Å². The first-order chi connectivity index (χ1) is 12.9. The third-order valence-electron chi connectivity index (χ3n) is 3.62. The number of nitrogens with zero attached hydrogens (tertiary/aromatic N) is 1. The number of amides is 2. The molecule has 0 saturated carbocycles. The first kappa shape index (κ1) is 19.0. The number of nitrogens with one attached hydrogen (secondary N) is 3. The lowest BCUT2D eigenvalue weighted by Crippen LogP contribution is -2.16. The highest BCUT2D eigenvalue weighted by molar-refractivity contribution is 9.10. The number of carbonyl (C=O) groups is 2. The first-order valence-corrected chi connectivity index (χ1v) is 9.58. The summed E-state index contributed by atoms with van der Waals surface area (Å²) < 4.78 is 0.945. The summed E-state index contributed by atoms with van der Waals surface area (Å²) in [6, 6.07) is 8.31. The number of hydrogen-bond donors (Lipinski definition) is 3. The van der Waals surface area contributed by atoms with Gasteiger partial charge in [-0.25, -0.2) is 4.98 Å². The summed E-state index contributed by atoms with van der Waals surface area (Å²) in [4.78, 5) is 42.1. The number of anilines is 2. The fourth-order valence-corrected chi connectivity index (χ4v) is 3.47. The fourth-order valence-electron chi connectivity index (χ4n) is 2.29. The molecule has 7 nitrogen and oxygen atoms in total. The van der Waals surface area contributed by atoms with Crippen LogP contribution in [0.1, 0.15) is 21.6 Å². The minimum Gasteiger partial charge on any atom is -0.328 e. The zero-order chi connectivity index (χ0) is 19.4. The average Bonchev–Trinajstić information content (AvgIpc) is 3.04. The Morgan fingerprint density at radius 3 is 2.74 bits per heavy atom. The topological polar surface area (TPSA) is 104 Å². The summed E-state index contributed by atoms with van der Waals surface area (Å²) in [5.41, 5.74) is 2.28. The molecule has 0 bridgehead atoms. The van der Waals surface area contributed by atoms with E-state index in [1.807, 2.05) is 25.1 Å². The second kappa shape index (κ2) is 8.28. The molecule has 3 rings (SSSR count). The van der Waals surface area contributed by atoms with Crippen LogP contribution in [0, 0.1) is 6.92 Å². The van der Waals surface area contributed by atoms with Gasteiger partial charge in [-0.2, -0.15) is 0 Å². The van der Waals surface area contributed by atoms with Gasteiger partial charge in [-0.15, -0.1) is 11.3 Å². The van der Waals surface area contributed by atoms with Crippen LogP contribution in [0.3, 0.4) is 0 Å². The Kier molecular flexibility index (Phi) is 5.82. The van der Waals surface area contributed by atoms with Gasteiger partial charge in [0, 0.05) is 27.8 Å². The van der Waals surface area contributed by atoms with E-state index in [2.05, 4.69) is 36.5 Å². The third-order valence-corrected chi connectivity index (χ3v) is 4.92. The number of carbonyl (C=O) groups excluding carboxylic acids is 2. The van der Waals surface area contributed by atoms with E-state index < -0.39 is 0 Å². The van der Waals surface area contributed by atoms with E-state index in [1.54, 1.807) is 5.38 Å². The van der Waals surface area contributed by atoms with Gasteiger partial charge < -0.3 is 10.3 Å². The summed E-state index contributed by atoms with van der Waals surface area (Å²) in [7, 11) is 0. The van der Waals surface area contributed by atoms with Crippen LogP contribution < -0.4 is 16.2 Å². The molecule has 9 heteroatoms. The summed E-state index contributed by atoms with van der Waals surface area (Å²) in [6.07, 6.45) is 1.43. The highest BCUT2D eigenvalue weighted by Gasteiger charge is 2.12. The molecule has 27 heavy (non-hydrogen) atoms. The molecule has 0 saturated heterocycles. The van der Waals surface area contributed by atoms with E-state index in [0.717, 1.165) is 15.7 Å². The van der Waals surface area contributed by atoms with Gasteiger partial charge in [0.25, 0.3) is 5.91 Å². The predicted molar refractivity (Wildman–Crippen MR) is 108 cm³/mol. The van der Waals surface area contributed by atoms with Gasteiger partial charge in [-0.3, -0.25) is 19.7 Å². The molecule has 2 heterocycles. The number of pyridine rings is 1. The first-order valence-electron chi connectivity index (χ1n) is 7.91.